The first-order valence-electron chi connectivity index (χ1n) is 8.96. The van der Waals surface area contributed by atoms with Crippen molar-refractivity contribution in [2.24, 2.45) is 0 Å². The van der Waals surface area contributed by atoms with Crippen LogP contribution in [0, 0.1) is 17.1 Å². The number of anilines is 1. The van der Waals surface area contributed by atoms with Crippen molar-refractivity contribution in [3.05, 3.63) is 65.5 Å². The van der Waals surface area contributed by atoms with Gasteiger partial charge in [-0.3, -0.25) is 9.69 Å². The predicted octanol–water partition coefficient (Wildman–Crippen LogP) is 2.91. The summed E-state index contributed by atoms with van der Waals surface area (Å²) >= 11 is 0. The lowest BCUT2D eigenvalue weighted by atomic mass is 10.0. The molecule has 1 atom stereocenters. The van der Waals surface area contributed by atoms with Gasteiger partial charge in [0.25, 0.3) is 5.91 Å². The molecule has 0 radical (unpaired) electrons. The van der Waals surface area contributed by atoms with Gasteiger partial charge in [-0.1, -0.05) is 24.3 Å². The second kappa shape index (κ2) is 8.19. The Kier molecular flexibility index (Phi) is 5.72. The Bertz CT molecular complexity index is 836. The van der Waals surface area contributed by atoms with Crippen molar-refractivity contribution < 1.29 is 9.18 Å². The van der Waals surface area contributed by atoms with Gasteiger partial charge in [0.2, 0.25) is 0 Å². The van der Waals surface area contributed by atoms with Crippen LogP contribution in [-0.2, 0) is 0 Å². The van der Waals surface area contributed by atoms with Crippen LogP contribution in [0.3, 0.4) is 0 Å². The topological polar surface area (TPSA) is 50.6 Å². The second-order valence-electron chi connectivity index (χ2n) is 6.83. The van der Waals surface area contributed by atoms with E-state index in [4.69, 9.17) is 0 Å². The van der Waals surface area contributed by atoms with Crippen molar-refractivity contribution in [2.45, 2.75) is 6.04 Å². The fourth-order valence-electron chi connectivity index (χ4n) is 3.31. The summed E-state index contributed by atoms with van der Waals surface area (Å²) in [6, 6.07) is 16.0. The molecule has 0 aliphatic carbocycles. The summed E-state index contributed by atoms with van der Waals surface area (Å²) in [5, 5.41) is 9.67. The zero-order chi connectivity index (χ0) is 19.4. The summed E-state index contributed by atoms with van der Waals surface area (Å²) in [5.74, 6) is -0.794. The number of halogens is 1. The third kappa shape index (κ3) is 4.09. The van der Waals surface area contributed by atoms with Crippen LogP contribution >= 0.6 is 0 Å². The number of carbonyl (C=O) groups excluding carboxylic acids is 1. The average molecular weight is 366 g/mol. The summed E-state index contributed by atoms with van der Waals surface area (Å²) in [4.78, 5) is 18.3. The molecule has 0 N–H and O–H groups in total. The third-order valence-electron chi connectivity index (χ3n) is 4.92. The number of amides is 1. The van der Waals surface area contributed by atoms with E-state index in [2.05, 4.69) is 11.0 Å². The average Bonchev–Trinajstić information content (AvgIpc) is 2.69. The molecule has 27 heavy (non-hydrogen) atoms. The van der Waals surface area contributed by atoms with Gasteiger partial charge in [-0.15, -0.1) is 0 Å². The molecule has 1 saturated heterocycles. The molecule has 0 saturated carbocycles. The number of benzene rings is 2. The van der Waals surface area contributed by atoms with Gasteiger partial charge >= 0.3 is 0 Å². The molecule has 140 valence electrons. The zero-order valence-corrected chi connectivity index (χ0v) is 15.6. The lowest BCUT2D eigenvalue weighted by molar-refractivity contribution is 0.0602. The van der Waals surface area contributed by atoms with E-state index >= 15 is 0 Å². The monoisotopic (exact) mass is 366 g/mol. The molecule has 0 bridgehead atoms. The van der Waals surface area contributed by atoms with E-state index in [9.17, 15) is 14.4 Å². The van der Waals surface area contributed by atoms with Gasteiger partial charge in [-0.2, -0.15) is 5.26 Å². The van der Waals surface area contributed by atoms with Gasteiger partial charge in [0.05, 0.1) is 11.6 Å². The minimum absolute atomic E-state index is 0.0991. The first-order chi connectivity index (χ1) is 13.0. The predicted molar refractivity (Wildman–Crippen MR) is 103 cm³/mol. The summed E-state index contributed by atoms with van der Waals surface area (Å²) in [6.45, 7) is 2.10. The van der Waals surface area contributed by atoms with Crippen LogP contribution in [0.2, 0.25) is 0 Å². The van der Waals surface area contributed by atoms with Crippen molar-refractivity contribution >= 4 is 11.6 Å². The minimum Gasteiger partial charge on any atom is -0.378 e. The molecule has 6 heteroatoms. The maximum atomic E-state index is 13.9. The quantitative estimate of drug-likeness (QED) is 0.835. The molecule has 1 unspecified atom stereocenters. The van der Waals surface area contributed by atoms with Crippen LogP contribution in [-0.4, -0.2) is 56.0 Å². The molecule has 5 nitrogen and oxygen atoms in total. The number of hydrogen-bond donors (Lipinski definition) is 0. The lowest BCUT2D eigenvalue weighted by Crippen LogP contribution is -2.49. The fourth-order valence-corrected chi connectivity index (χ4v) is 3.31. The molecule has 1 fully saturated rings. The van der Waals surface area contributed by atoms with E-state index in [-0.39, 0.29) is 17.5 Å². The number of hydrogen-bond acceptors (Lipinski definition) is 4. The van der Waals surface area contributed by atoms with E-state index in [0.717, 1.165) is 11.3 Å². The maximum absolute atomic E-state index is 13.9. The largest absolute Gasteiger partial charge is 0.378 e. The smallest absolute Gasteiger partial charge is 0.256 e. The Morgan fingerprint density at radius 1 is 1.07 bits per heavy atom. The maximum Gasteiger partial charge on any atom is 0.256 e. The Labute approximate surface area is 159 Å². The molecule has 2 aromatic carbocycles. The lowest BCUT2D eigenvalue weighted by Gasteiger charge is -2.37. The molecule has 3 rings (SSSR count). The Hall–Kier alpha value is -2.91. The Morgan fingerprint density at radius 3 is 2.26 bits per heavy atom. The van der Waals surface area contributed by atoms with E-state index < -0.39 is 5.82 Å². The van der Waals surface area contributed by atoms with Crippen molar-refractivity contribution in [1.29, 1.82) is 5.26 Å². The molecule has 2 aromatic rings. The number of rotatable bonds is 4. The number of piperazine rings is 1. The summed E-state index contributed by atoms with van der Waals surface area (Å²) in [5.41, 5.74) is 2.12. The van der Waals surface area contributed by atoms with E-state index in [0.29, 0.717) is 26.2 Å². The zero-order valence-electron chi connectivity index (χ0n) is 15.6. The van der Waals surface area contributed by atoms with Gasteiger partial charge < -0.3 is 9.80 Å². The first kappa shape index (κ1) is 18.9. The van der Waals surface area contributed by atoms with Crippen LogP contribution in [0.1, 0.15) is 22.0 Å². The normalized spacial score (nSPS) is 15.9. The second-order valence-corrected chi connectivity index (χ2v) is 6.83. The standard InChI is InChI=1S/C21H23FN4O/c1-24(2)17-9-7-16(8-10-17)20(15-23)25-11-13-26(14-12-25)21(27)18-5-3-4-6-19(18)22/h3-10,20H,11-14H2,1-2H3. The summed E-state index contributed by atoms with van der Waals surface area (Å²) in [6.07, 6.45) is 0. The van der Waals surface area contributed by atoms with Crippen molar-refractivity contribution in [3.63, 3.8) is 0 Å². The number of carbonyl (C=O) groups is 1. The van der Waals surface area contributed by atoms with Crippen LogP contribution in [0.25, 0.3) is 0 Å². The molecule has 1 aliphatic rings. The fraction of sp³-hybridized carbons (Fsp3) is 0.333. The van der Waals surface area contributed by atoms with Crippen LogP contribution in [0.5, 0.6) is 0 Å². The molecule has 1 heterocycles. The van der Waals surface area contributed by atoms with Crippen LogP contribution in [0.4, 0.5) is 10.1 Å². The molecule has 1 aliphatic heterocycles. The van der Waals surface area contributed by atoms with Crippen molar-refractivity contribution in [3.8, 4) is 6.07 Å². The highest BCUT2D eigenvalue weighted by Crippen LogP contribution is 2.24. The third-order valence-corrected chi connectivity index (χ3v) is 4.92. The molecule has 0 aromatic heterocycles. The molecular weight excluding hydrogens is 343 g/mol. The van der Waals surface area contributed by atoms with Gasteiger partial charge in [-0.25, -0.2) is 4.39 Å². The molecular formula is C21H23FN4O. The summed E-state index contributed by atoms with van der Waals surface area (Å²) < 4.78 is 13.9. The highest BCUT2D eigenvalue weighted by Gasteiger charge is 2.28. The van der Waals surface area contributed by atoms with Gasteiger partial charge in [0.15, 0.2) is 0 Å². The molecule has 0 spiro atoms. The van der Waals surface area contributed by atoms with Crippen LogP contribution in [0.15, 0.2) is 48.5 Å². The summed E-state index contributed by atoms with van der Waals surface area (Å²) in [7, 11) is 3.95. The highest BCUT2D eigenvalue weighted by molar-refractivity contribution is 5.94. The Balaban J connectivity index is 1.66. The minimum atomic E-state index is -0.499. The van der Waals surface area contributed by atoms with E-state index in [1.807, 2.05) is 43.3 Å². The highest BCUT2D eigenvalue weighted by atomic mass is 19.1. The van der Waals surface area contributed by atoms with Gasteiger partial charge in [-0.05, 0) is 29.8 Å². The van der Waals surface area contributed by atoms with E-state index in [1.165, 1.54) is 12.1 Å². The van der Waals surface area contributed by atoms with Crippen LogP contribution < -0.4 is 4.90 Å². The Morgan fingerprint density at radius 2 is 1.70 bits per heavy atom. The van der Waals surface area contributed by atoms with Crippen molar-refractivity contribution in [1.82, 2.24) is 9.80 Å². The number of nitrogens with zero attached hydrogens (tertiary/aromatic N) is 4. The van der Waals surface area contributed by atoms with E-state index in [1.54, 1.807) is 17.0 Å². The SMILES string of the molecule is CN(C)c1ccc(C(C#N)N2CCN(C(=O)c3ccccc3F)CC2)cc1. The first-order valence-corrected chi connectivity index (χ1v) is 8.96. The van der Waals surface area contributed by atoms with Gasteiger partial charge in [0.1, 0.15) is 11.9 Å². The molecule has 1 amide bonds. The van der Waals surface area contributed by atoms with Gasteiger partial charge in [0, 0.05) is 46.0 Å². The number of nitriles is 1. The van der Waals surface area contributed by atoms with Crippen molar-refractivity contribution in [2.75, 3.05) is 45.2 Å².